The van der Waals surface area contributed by atoms with Crippen LogP contribution in [0.25, 0.3) is 0 Å². The molecule has 0 heterocycles. The van der Waals surface area contributed by atoms with Crippen LogP contribution in [0.5, 0.6) is 0 Å². The summed E-state index contributed by atoms with van der Waals surface area (Å²) in [4.78, 5) is 10.9. The zero-order valence-electron chi connectivity index (χ0n) is 15.4. The van der Waals surface area contributed by atoms with Crippen LogP contribution in [0.2, 0.25) is 0 Å². The number of carboxylic acids is 1. The minimum absolute atomic E-state index is 0.227. The van der Waals surface area contributed by atoms with Crippen LogP contribution in [-0.2, 0) is 4.79 Å². The topological polar surface area (TPSA) is 37.3 Å². The third-order valence-electron chi connectivity index (χ3n) is 5.08. The number of halogens is 2. The van der Waals surface area contributed by atoms with E-state index in [1.54, 1.807) is 0 Å². The Hall–Kier alpha value is -2.58. The van der Waals surface area contributed by atoms with Gasteiger partial charge in [0.05, 0.1) is 0 Å². The molecule has 0 radical (unpaired) electrons. The summed E-state index contributed by atoms with van der Waals surface area (Å²) in [5, 5.41) is 12.0. The van der Waals surface area contributed by atoms with Crippen LogP contribution in [0.15, 0.2) is 91.0 Å². The predicted octanol–water partition coefficient (Wildman–Crippen LogP) is 4.21. The molecular formula is C23H23F2O2P. The van der Waals surface area contributed by atoms with E-state index in [2.05, 4.69) is 0 Å². The van der Waals surface area contributed by atoms with Crippen LogP contribution in [0.3, 0.4) is 0 Å². The van der Waals surface area contributed by atoms with Gasteiger partial charge in [0.15, 0.2) is 0 Å². The molecule has 0 fully saturated rings. The first kappa shape index (κ1) is 20.2. The quantitative estimate of drug-likeness (QED) is 0.575. The molecule has 0 amide bonds. The molecule has 146 valence electrons. The van der Waals surface area contributed by atoms with Crippen molar-refractivity contribution in [3.05, 3.63) is 91.0 Å². The van der Waals surface area contributed by atoms with Crippen molar-refractivity contribution in [2.75, 3.05) is 6.16 Å². The van der Waals surface area contributed by atoms with Crippen LogP contribution in [-0.4, -0.2) is 23.2 Å². The zero-order chi connectivity index (χ0) is 20.0. The molecular weight excluding hydrogens is 377 g/mol. The third-order valence-corrected chi connectivity index (χ3v) is 10.0. The monoisotopic (exact) mass is 400 g/mol. The third kappa shape index (κ3) is 4.45. The van der Waals surface area contributed by atoms with E-state index < -0.39 is 32.0 Å². The summed E-state index contributed by atoms with van der Waals surface area (Å²) >= 11 is 0. The summed E-state index contributed by atoms with van der Waals surface area (Å²) in [7, 11) is -2.76. The van der Waals surface area contributed by atoms with Crippen molar-refractivity contribution in [3.8, 4) is 0 Å². The Balaban J connectivity index is 2.15. The molecule has 0 spiro atoms. The number of aliphatic carboxylic acids is 1. The summed E-state index contributed by atoms with van der Waals surface area (Å²) in [6.07, 6.45) is -1.38. The summed E-state index contributed by atoms with van der Waals surface area (Å²) in [6.45, 7) is 0. The molecule has 1 N–H and O–H groups in total. The number of hydrogen-bond acceptors (Lipinski definition) is 1. The molecule has 3 aromatic rings. The van der Waals surface area contributed by atoms with Gasteiger partial charge in [-0.15, -0.1) is 0 Å². The number of rotatable bonds is 8. The molecule has 0 atom stereocenters. The molecule has 28 heavy (non-hydrogen) atoms. The van der Waals surface area contributed by atoms with E-state index in [0.717, 1.165) is 15.9 Å². The van der Waals surface area contributed by atoms with Crippen molar-refractivity contribution >= 4 is 29.1 Å². The maximum atomic E-state index is 14.4. The Morgan fingerprint density at radius 1 is 0.750 bits per heavy atom. The van der Waals surface area contributed by atoms with Gasteiger partial charge in [-0.2, -0.15) is 0 Å². The second-order valence-electron chi connectivity index (χ2n) is 6.93. The van der Waals surface area contributed by atoms with E-state index >= 15 is 0 Å². The van der Waals surface area contributed by atoms with Crippen molar-refractivity contribution in [2.45, 2.75) is 18.8 Å². The van der Waals surface area contributed by atoms with Gasteiger partial charge in [-0.25, -0.2) is 0 Å². The van der Waals surface area contributed by atoms with Gasteiger partial charge in [0.25, 0.3) is 0 Å². The minimum atomic E-state index is -3.25. The molecule has 0 saturated heterocycles. The maximum absolute atomic E-state index is 14.4. The van der Waals surface area contributed by atoms with Gasteiger partial charge in [-0.05, 0) is 0 Å². The van der Waals surface area contributed by atoms with Gasteiger partial charge in [0.2, 0.25) is 0 Å². The predicted molar refractivity (Wildman–Crippen MR) is 113 cm³/mol. The van der Waals surface area contributed by atoms with Gasteiger partial charge in [0, 0.05) is 0 Å². The molecule has 0 saturated carbocycles. The number of carboxylic acid groups (broad SMARTS) is 1. The van der Waals surface area contributed by atoms with E-state index in [1.165, 1.54) is 0 Å². The first-order valence-electron chi connectivity index (χ1n) is 9.20. The summed E-state index contributed by atoms with van der Waals surface area (Å²) in [5.74, 6) is -4.72. The number of alkyl halides is 2. The molecule has 0 unspecified atom stereocenters. The van der Waals surface area contributed by atoms with E-state index in [-0.39, 0.29) is 6.16 Å². The fraction of sp³-hybridized carbons (Fsp3) is 0.174. The Bertz CT molecular complexity index is 803. The fourth-order valence-electron chi connectivity index (χ4n) is 3.78. The molecule has 0 aliphatic rings. The Labute approximate surface area is 164 Å². The van der Waals surface area contributed by atoms with Gasteiger partial charge in [0.1, 0.15) is 0 Å². The molecule has 0 aromatic heterocycles. The molecule has 3 rings (SSSR count). The Morgan fingerprint density at radius 3 is 1.43 bits per heavy atom. The first-order chi connectivity index (χ1) is 13.4. The van der Waals surface area contributed by atoms with Gasteiger partial charge < -0.3 is 0 Å². The fourth-order valence-corrected chi connectivity index (χ4v) is 8.67. The summed E-state index contributed by atoms with van der Waals surface area (Å²) in [5.41, 5.74) is 0. The second kappa shape index (κ2) is 8.62. The van der Waals surface area contributed by atoms with Crippen molar-refractivity contribution < 1.29 is 18.7 Å². The Kier molecular flexibility index (Phi) is 6.21. The van der Waals surface area contributed by atoms with Crippen molar-refractivity contribution in [2.24, 2.45) is 0 Å². The summed E-state index contributed by atoms with van der Waals surface area (Å²) < 4.78 is 28.8. The van der Waals surface area contributed by atoms with Crippen LogP contribution in [0.1, 0.15) is 12.8 Å². The SMILES string of the molecule is O=C(O)CC(F)(F)CC[PH](c1ccccc1)(c1ccccc1)c1ccccc1. The zero-order valence-corrected chi connectivity index (χ0v) is 16.4. The standard InChI is InChI=1S/C23H23F2O2P/c24-23(25,18-22(26)27)16-17-28(19-10-4-1-5-11-19,20-12-6-2-7-13-20)21-14-8-3-9-15-21/h1-15,28H,16-18H2,(H,26,27). The molecule has 0 bridgehead atoms. The van der Waals surface area contributed by atoms with Gasteiger partial charge in [-0.3, -0.25) is 0 Å². The number of benzene rings is 3. The normalized spacial score (nSPS) is 12.5. The molecule has 0 aliphatic heterocycles. The average Bonchev–Trinajstić information content (AvgIpc) is 2.70. The summed E-state index contributed by atoms with van der Waals surface area (Å²) in [6, 6.07) is 29.3. The van der Waals surface area contributed by atoms with E-state index in [0.29, 0.717) is 0 Å². The van der Waals surface area contributed by atoms with Crippen LogP contribution in [0, 0.1) is 0 Å². The van der Waals surface area contributed by atoms with Crippen LogP contribution < -0.4 is 15.9 Å². The molecule has 2 nitrogen and oxygen atoms in total. The molecule has 0 aliphatic carbocycles. The average molecular weight is 400 g/mol. The van der Waals surface area contributed by atoms with Gasteiger partial charge in [-0.1, -0.05) is 0 Å². The van der Waals surface area contributed by atoms with Crippen molar-refractivity contribution in [1.82, 2.24) is 0 Å². The van der Waals surface area contributed by atoms with Crippen molar-refractivity contribution in [1.29, 1.82) is 0 Å². The molecule has 5 heteroatoms. The van der Waals surface area contributed by atoms with E-state index in [4.69, 9.17) is 5.11 Å². The Morgan fingerprint density at radius 2 is 1.11 bits per heavy atom. The number of carbonyl (C=O) groups is 1. The van der Waals surface area contributed by atoms with E-state index in [9.17, 15) is 13.6 Å². The van der Waals surface area contributed by atoms with E-state index in [1.807, 2.05) is 91.0 Å². The van der Waals surface area contributed by atoms with Gasteiger partial charge >= 0.3 is 164 Å². The van der Waals surface area contributed by atoms with Crippen LogP contribution in [0.4, 0.5) is 8.78 Å². The second-order valence-corrected chi connectivity index (χ2v) is 11.0. The number of hydrogen-bond donors (Lipinski definition) is 1. The van der Waals surface area contributed by atoms with Crippen molar-refractivity contribution in [3.63, 3.8) is 0 Å². The molecule has 3 aromatic carbocycles. The van der Waals surface area contributed by atoms with Crippen LogP contribution >= 0.6 is 7.26 Å². The first-order valence-corrected chi connectivity index (χ1v) is 11.4.